The molecule has 168 valence electrons. The zero-order valence-electron chi connectivity index (χ0n) is 15.9. The van der Waals surface area contributed by atoms with Crippen LogP contribution in [0.3, 0.4) is 0 Å². The molecule has 0 aliphatic carbocycles. The fraction of sp³-hybridized carbons (Fsp3) is 0.368. The largest absolute Gasteiger partial charge is 0.439 e. The van der Waals surface area contributed by atoms with Gasteiger partial charge in [-0.15, -0.1) is 0 Å². The number of rotatable bonds is 3. The number of hydrogen-bond donors (Lipinski definition) is 0. The molecule has 31 heavy (non-hydrogen) atoms. The van der Waals surface area contributed by atoms with Gasteiger partial charge in [0.1, 0.15) is 11.3 Å². The van der Waals surface area contributed by atoms with Crippen LogP contribution < -0.4 is 0 Å². The van der Waals surface area contributed by atoms with Gasteiger partial charge in [0.05, 0.1) is 29.4 Å². The lowest BCUT2D eigenvalue weighted by atomic mass is 9.97. The summed E-state index contributed by atoms with van der Waals surface area (Å²) in [7, 11) is 0. The smallest absolute Gasteiger partial charge is 0.416 e. The maximum atomic E-state index is 13.2. The number of aromatic nitrogens is 1. The number of halogens is 8. The van der Waals surface area contributed by atoms with Crippen LogP contribution in [0.25, 0.3) is 0 Å². The Labute approximate surface area is 186 Å². The molecule has 0 saturated carbocycles. The minimum absolute atomic E-state index is 0.0263. The third kappa shape index (κ3) is 4.92. The number of benzene rings is 1. The number of amides is 1. The predicted molar refractivity (Wildman–Crippen MR) is 102 cm³/mol. The van der Waals surface area contributed by atoms with Crippen LogP contribution in [-0.2, 0) is 23.6 Å². The van der Waals surface area contributed by atoms with Gasteiger partial charge in [0, 0.05) is 4.47 Å². The molecule has 2 heterocycles. The van der Waals surface area contributed by atoms with Crippen LogP contribution in [-0.4, -0.2) is 22.0 Å². The summed E-state index contributed by atoms with van der Waals surface area (Å²) in [6.45, 7) is 3.11. The average molecular weight is 532 g/mol. The molecule has 0 bridgehead atoms. The second-order valence-corrected chi connectivity index (χ2v) is 8.21. The summed E-state index contributed by atoms with van der Waals surface area (Å²) in [6, 6.07) is 1.87. The molecule has 1 aromatic heterocycles. The zero-order valence-corrected chi connectivity index (χ0v) is 18.2. The van der Waals surface area contributed by atoms with Crippen molar-refractivity contribution in [2.45, 2.75) is 44.9 Å². The van der Waals surface area contributed by atoms with E-state index in [4.69, 9.17) is 16.3 Å². The monoisotopic (exact) mass is 530 g/mol. The highest BCUT2D eigenvalue weighted by molar-refractivity contribution is 9.10. The summed E-state index contributed by atoms with van der Waals surface area (Å²) in [5.74, 6) is 0. The minimum atomic E-state index is -5.01. The number of pyridine rings is 1. The molecule has 3 rings (SSSR count). The Balaban J connectivity index is 1.98. The highest BCUT2D eigenvalue weighted by Crippen LogP contribution is 2.41. The van der Waals surface area contributed by atoms with Gasteiger partial charge in [-0.25, -0.2) is 9.78 Å². The van der Waals surface area contributed by atoms with E-state index in [-0.39, 0.29) is 17.8 Å². The molecule has 0 N–H and O–H groups in total. The first kappa shape index (κ1) is 23.6. The van der Waals surface area contributed by atoms with E-state index in [2.05, 4.69) is 20.9 Å². The molecular weight excluding hydrogens is 518 g/mol. The van der Waals surface area contributed by atoms with Crippen LogP contribution >= 0.6 is 27.5 Å². The molecule has 0 unspecified atom stereocenters. The van der Waals surface area contributed by atoms with E-state index >= 15 is 0 Å². The normalized spacial score (nSPS) is 19.7. The molecule has 1 aliphatic rings. The lowest BCUT2D eigenvalue weighted by Crippen LogP contribution is -2.32. The van der Waals surface area contributed by atoms with Gasteiger partial charge < -0.3 is 4.74 Å². The molecule has 1 amide bonds. The lowest BCUT2D eigenvalue weighted by Gasteiger charge is -2.22. The molecule has 0 spiro atoms. The molecule has 1 fully saturated rings. The second kappa shape index (κ2) is 8.16. The van der Waals surface area contributed by atoms with Crippen LogP contribution in [0.5, 0.6) is 0 Å². The van der Waals surface area contributed by atoms with E-state index in [0.29, 0.717) is 22.3 Å². The van der Waals surface area contributed by atoms with Gasteiger partial charge >= 0.3 is 18.4 Å². The van der Waals surface area contributed by atoms with Crippen molar-refractivity contribution in [3.63, 3.8) is 0 Å². The number of ether oxygens (including phenoxy) is 1. The van der Waals surface area contributed by atoms with Crippen molar-refractivity contribution in [2.75, 3.05) is 0 Å². The van der Waals surface area contributed by atoms with E-state index in [1.807, 2.05) is 0 Å². The van der Waals surface area contributed by atoms with Crippen LogP contribution in [0.1, 0.15) is 41.0 Å². The van der Waals surface area contributed by atoms with Gasteiger partial charge in [-0.1, -0.05) is 11.6 Å². The number of cyclic esters (lactones) is 1. The Hall–Kier alpha value is -2.01. The van der Waals surface area contributed by atoms with Gasteiger partial charge in [-0.2, -0.15) is 26.3 Å². The molecule has 2 atom stereocenters. The molecule has 1 aliphatic heterocycles. The van der Waals surface area contributed by atoms with E-state index < -0.39 is 47.3 Å². The van der Waals surface area contributed by atoms with Crippen molar-refractivity contribution in [2.24, 2.45) is 0 Å². The summed E-state index contributed by atoms with van der Waals surface area (Å²) in [6.07, 6.45) is -12.2. The Morgan fingerprint density at radius 2 is 1.65 bits per heavy atom. The topological polar surface area (TPSA) is 42.4 Å². The predicted octanol–water partition coefficient (Wildman–Crippen LogP) is 6.93. The number of alkyl halides is 6. The Kier molecular flexibility index (Phi) is 6.22. The van der Waals surface area contributed by atoms with Gasteiger partial charge in [0.15, 0.2) is 0 Å². The number of carbonyl (C=O) groups excluding carboxylic acids is 1. The summed E-state index contributed by atoms with van der Waals surface area (Å²) in [4.78, 5) is 17.7. The molecule has 2 aromatic rings. The van der Waals surface area contributed by atoms with Gasteiger partial charge in [-0.3, -0.25) is 4.90 Å². The SMILES string of the molecule is Cc1cc(Cl)nc(CN2C(=O)O[C@H](c3cc(C(F)(F)F)cc(C(F)(F)F)c3)[C@@H]2C)c1Br. The standard InChI is InChI=1S/C19H14BrClF6N2O2/c1-8-3-14(21)28-13(15(8)20)7-29-9(2)16(31-17(29)30)10-4-11(18(22,23)24)6-12(5-10)19(25,26)27/h3-6,9,16H,7H2,1-2H3/t9-,16-/m0/s1. The van der Waals surface area contributed by atoms with Crippen LogP contribution in [0.15, 0.2) is 28.7 Å². The van der Waals surface area contributed by atoms with Crippen molar-refractivity contribution in [3.05, 3.63) is 61.8 Å². The van der Waals surface area contributed by atoms with E-state index in [1.54, 1.807) is 13.0 Å². The molecule has 1 saturated heterocycles. The van der Waals surface area contributed by atoms with Crippen molar-refractivity contribution in [1.82, 2.24) is 9.88 Å². The van der Waals surface area contributed by atoms with Crippen molar-refractivity contribution < 1.29 is 35.9 Å². The van der Waals surface area contributed by atoms with Crippen LogP contribution in [0, 0.1) is 6.92 Å². The molecule has 12 heteroatoms. The first-order valence-electron chi connectivity index (χ1n) is 8.76. The summed E-state index contributed by atoms with van der Waals surface area (Å²) >= 11 is 9.28. The fourth-order valence-corrected chi connectivity index (χ4v) is 3.84. The Morgan fingerprint density at radius 1 is 1.10 bits per heavy atom. The zero-order chi connectivity index (χ0) is 23.3. The third-order valence-electron chi connectivity index (χ3n) is 4.83. The minimum Gasteiger partial charge on any atom is -0.439 e. The number of nitrogens with zero attached hydrogens (tertiary/aromatic N) is 2. The van der Waals surface area contributed by atoms with Gasteiger partial charge in [0.25, 0.3) is 0 Å². The first-order chi connectivity index (χ1) is 14.2. The van der Waals surface area contributed by atoms with Crippen LogP contribution in [0.4, 0.5) is 31.1 Å². The highest BCUT2D eigenvalue weighted by atomic mass is 79.9. The number of hydrogen-bond acceptors (Lipinski definition) is 3. The summed E-state index contributed by atoms with van der Waals surface area (Å²) in [5.41, 5.74) is -2.25. The molecular formula is C19H14BrClF6N2O2. The highest BCUT2D eigenvalue weighted by Gasteiger charge is 2.43. The maximum absolute atomic E-state index is 13.2. The lowest BCUT2D eigenvalue weighted by molar-refractivity contribution is -0.143. The third-order valence-corrected chi connectivity index (χ3v) is 6.10. The van der Waals surface area contributed by atoms with E-state index in [9.17, 15) is 31.1 Å². The first-order valence-corrected chi connectivity index (χ1v) is 9.93. The quantitative estimate of drug-likeness (QED) is 0.319. The van der Waals surface area contributed by atoms with Gasteiger partial charge in [0.2, 0.25) is 0 Å². The van der Waals surface area contributed by atoms with Gasteiger partial charge in [-0.05, 0) is 65.2 Å². The van der Waals surface area contributed by atoms with Crippen molar-refractivity contribution in [3.8, 4) is 0 Å². The fourth-order valence-electron chi connectivity index (χ4n) is 3.25. The second-order valence-electron chi connectivity index (χ2n) is 7.03. The van der Waals surface area contributed by atoms with Crippen molar-refractivity contribution in [1.29, 1.82) is 0 Å². The van der Waals surface area contributed by atoms with E-state index in [1.165, 1.54) is 11.8 Å². The summed E-state index contributed by atoms with van der Waals surface area (Å²) < 4.78 is 84.7. The average Bonchev–Trinajstić information content (AvgIpc) is 2.92. The Bertz CT molecular complexity index is 995. The van der Waals surface area contributed by atoms with Crippen molar-refractivity contribution >= 4 is 33.6 Å². The molecule has 0 radical (unpaired) electrons. The molecule has 4 nitrogen and oxygen atoms in total. The number of carbonyl (C=O) groups is 1. The summed E-state index contributed by atoms with van der Waals surface area (Å²) in [5, 5.41) is 0.167. The number of aryl methyl sites for hydroxylation is 1. The molecule has 1 aromatic carbocycles. The van der Waals surface area contributed by atoms with Crippen LogP contribution in [0.2, 0.25) is 5.15 Å². The Morgan fingerprint density at radius 3 is 2.16 bits per heavy atom. The maximum Gasteiger partial charge on any atom is 0.416 e. The van der Waals surface area contributed by atoms with E-state index in [0.717, 1.165) is 5.56 Å².